The standard InChI is InChI=1S/C11H17N5O2/c1-6(17)11(3,4)13-8-5-9-14-15-10(18)16(9)7(2)12-8/h5-6,13,17H,1-4H3,(H,15,18). The largest absolute Gasteiger partial charge is 0.391 e. The summed E-state index contributed by atoms with van der Waals surface area (Å²) in [5.41, 5.74) is -0.332. The van der Waals surface area contributed by atoms with E-state index < -0.39 is 11.6 Å². The SMILES string of the molecule is Cc1nc(NC(C)(C)C(C)O)cc2n[nH]c(=O)n12. The van der Waals surface area contributed by atoms with Crippen LogP contribution in [0, 0.1) is 6.92 Å². The maximum atomic E-state index is 11.4. The zero-order valence-corrected chi connectivity index (χ0v) is 10.9. The van der Waals surface area contributed by atoms with Crippen molar-refractivity contribution in [2.75, 3.05) is 5.32 Å². The van der Waals surface area contributed by atoms with Crippen molar-refractivity contribution in [3.63, 3.8) is 0 Å². The molecule has 2 heterocycles. The van der Waals surface area contributed by atoms with Crippen molar-refractivity contribution in [3.05, 3.63) is 22.4 Å². The molecule has 3 N–H and O–H groups in total. The fourth-order valence-electron chi connectivity index (χ4n) is 1.60. The number of nitrogens with zero attached hydrogens (tertiary/aromatic N) is 3. The monoisotopic (exact) mass is 251 g/mol. The molecule has 0 saturated heterocycles. The van der Waals surface area contributed by atoms with Crippen molar-refractivity contribution in [2.24, 2.45) is 0 Å². The predicted molar refractivity (Wildman–Crippen MR) is 67.7 cm³/mol. The molecule has 0 aromatic carbocycles. The van der Waals surface area contributed by atoms with Crippen LogP contribution in [0.25, 0.3) is 5.65 Å². The molecule has 0 fully saturated rings. The van der Waals surface area contributed by atoms with Crippen LogP contribution < -0.4 is 11.0 Å². The second-order valence-corrected chi connectivity index (χ2v) is 4.93. The highest BCUT2D eigenvalue weighted by Crippen LogP contribution is 2.17. The van der Waals surface area contributed by atoms with Gasteiger partial charge in [-0.1, -0.05) is 0 Å². The molecule has 2 aromatic rings. The Balaban J connectivity index is 2.45. The zero-order valence-electron chi connectivity index (χ0n) is 10.9. The third-order valence-corrected chi connectivity index (χ3v) is 3.06. The van der Waals surface area contributed by atoms with Gasteiger partial charge in [-0.2, -0.15) is 5.10 Å². The minimum Gasteiger partial charge on any atom is -0.391 e. The highest BCUT2D eigenvalue weighted by atomic mass is 16.3. The van der Waals surface area contributed by atoms with E-state index in [0.29, 0.717) is 17.3 Å². The lowest BCUT2D eigenvalue weighted by Gasteiger charge is -2.30. The number of fused-ring (bicyclic) bond motifs is 1. The molecule has 7 heteroatoms. The molecule has 0 bridgehead atoms. The van der Waals surface area contributed by atoms with E-state index in [1.54, 1.807) is 19.9 Å². The van der Waals surface area contributed by atoms with Crippen molar-refractivity contribution < 1.29 is 5.11 Å². The van der Waals surface area contributed by atoms with Gasteiger partial charge in [-0.15, -0.1) is 0 Å². The van der Waals surface area contributed by atoms with Crippen molar-refractivity contribution in [1.82, 2.24) is 19.6 Å². The Morgan fingerprint density at radius 3 is 2.83 bits per heavy atom. The Labute approximate surface area is 104 Å². The smallest absolute Gasteiger partial charge is 0.349 e. The maximum absolute atomic E-state index is 11.4. The van der Waals surface area contributed by atoms with Gasteiger partial charge in [-0.3, -0.25) is 0 Å². The molecule has 0 aliphatic carbocycles. The molecular weight excluding hydrogens is 234 g/mol. The summed E-state index contributed by atoms with van der Waals surface area (Å²) in [6.07, 6.45) is -0.544. The van der Waals surface area contributed by atoms with Crippen LogP contribution in [0.3, 0.4) is 0 Å². The lowest BCUT2D eigenvalue weighted by atomic mass is 9.99. The average Bonchev–Trinajstić information content (AvgIpc) is 2.59. The molecule has 0 aliphatic rings. The third-order valence-electron chi connectivity index (χ3n) is 3.06. The summed E-state index contributed by atoms with van der Waals surface area (Å²) in [4.78, 5) is 15.7. The van der Waals surface area contributed by atoms with Gasteiger partial charge in [-0.05, 0) is 27.7 Å². The Bertz CT molecular complexity index is 626. The van der Waals surface area contributed by atoms with Gasteiger partial charge in [-0.25, -0.2) is 19.3 Å². The number of anilines is 1. The van der Waals surface area contributed by atoms with E-state index in [9.17, 15) is 9.90 Å². The molecule has 2 aromatic heterocycles. The van der Waals surface area contributed by atoms with Gasteiger partial charge in [0.15, 0.2) is 5.65 Å². The van der Waals surface area contributed by atoms with E-state index >= 15 is 0 Å². The number of hydrogen-bond donors (Lipinski definition) is 3. The predicted octanol–water partition coefficient (Wildman–Crippen LogP) is 0.297. The molecule has 0 spiro atoms. The number of aliphatic hydroxyl groups is 1. The average molecular weight is 251 g/mol. The Morgan fingerprint density at radius 2 is 2.22 bits per heavy atom. The fraction of sp³-hybridized carbons (Fsp3) is 0.545. The fourth-order valence-corrected chi connectivity index (χ4v) is 1.60. The normalized spacial score (nSPS) is 13.8. The van der Waals surface area contributed by atoms with Gasteiger partial charge in [0, 0.05) is 6.07 Å². The summed E-state index contributed by atoms with van der Waals surface area (Å²) in [7, 11) is 0. The summed E-state index contributed by atoms with van der Waals surface area (Å²) in [5.74, 6) is 1.11. The minimum atomic E-state index is -0.544. The number of aliphatic hydroxyl groups excluding tert-OH is 1. The highest BCUT2D eigenvalue weighted by Gasteiger charge is 2.24. The van der Waals surface area contributed by atoms with Crippen LogP contribution in [0.2, 0.25) is 0 Å². The first-order valence-corrected chi connectivity index (χ1v) is 5.72. The van der Waals surface area contributed by atoms with Crippen LogP contribution in [0.4, 0.5) is 5.82 Å². The summed E-state index contributed by atoms with van der Waals surface area (Å²) in [6.45, 7) is 7.17. The Kier molecular flexibility index (Phi) is 2.86. The minimum absolute atomic E-state index is 0.309. The first-order valence-electron chi connectivity index (χ1n) is 5.72. The number of aryl methyl sites for hydroxylation is 1. The van der Waals surface area contributed by atoms with E-state index in [-0.39, 0.29) is 5.69 Å². The summed E-state index contributed by atoms with van der Waals surface area (Å²) in [5, 5.41) is 19.1. The molecule has 7 nitrogen and oxygen atoms in total. The molecule has 18 heavy (non-hydrogen) atoms. The third kappa shape index (κ3) is 2.08. The van der Waals surface area contributed by atoms with E-state index in [2.05, 4.69) is 20.5 Å². The molecule has 0 radical (unpaired) electrons. The van der Waals surface area contributed by atoms with E-state index in [0.717, 1.165) is 0 Å². The summed E-state index contributed by atoms with van der Waals surface area (Å²) < 4.78 is 1.39. The van der Waals surface area contributed by atoms with Gasteiger partial charge in [0.05, 0.1) is 11.6 Å². The van der Waals surface area contributed by atoms with Crippen LogP contribution in [-0.2, 0) is 0 Å². The molecule has 0 saturated carbocycles. The second kappa shape index (κ2) is 4.09. The molecule has 98 valence electrons. The molecule has 0 aliphatic heterocycles. The van der Waals surface area contributed by atoms with Crippen molar-refractivity contribution in [3.8, 4) is 0 Å². The zero-order chi connectivity index (χ0) is 13.5. The summed E-state index contributed by atoms with van der Waals surface area (Å²) >= 11 is 0. The lowest BCUT2D eigenvalue weighted by Crippen LogP contribution is -2.42. The van der Waals surface area contributed by atoms with E-state index in [4.69, 9.17) is 0 Å². The summed E-state index contributed by atoms with van der Waals surface area (Å²) in [6, 6.07) is 1.66. The van der Waals surface area contributed by atoms with Crippen molar-refractivity contribution in [2.45, 2.75) is 39.3 Å². The first kappa shape index (κ1) is 12.6. The van der Waals surface area contributed by atoms with Crippen LogP contribution in [0.1, 0.15) is 26.6 Å². The van der Waals surface area contributed by atoms with Crippen molar-refractivity contribution in [1.29, 1.82) is 0 Å². The first-order chi connectivity index (χ1) is 8.31. The van der Waals surface area contributed by atoms with Gasteiger partial charge in [0.2, 0.25) is 0 Å². The van der Waals surface area contributed by atoms with Crippen LogP contribution >= 0.6 is 0 Å². The second-order valence-electron chi connectivity index (χ2n) is 4.93. The van der Waals surface area contributed by atoms with Crippen LogP contribution in [0.5, 0.6) is 0 Å². The number of H-pyrrole nitrogens is 1. The van der Waals surface area contributed by atoms with E-state index in [1.165, 1.54) is 4.40 Å². The van der Waals surface area contributed by atoms with Gasteiger partial charge in [0.1, 0.15) is 11.6 Å². The number of hydrogen-bond acceptors (Lipinski definition) is 5. The van der Waals surface area contributed by atoms with Crippen LogP contribution in [0.15, 0.2) is 10.9 Å². The van der Waals surface area contributed by atoms with Gasteiger partial charge in [0.25, 0.3) is 0 Å². The number of nitrogens with one attached hydrogen (secondary N) is 2. The van der Waals surface area contributed by atoms with Crippen molar-refractivity contribution >= 4 is 11.5 Å². The highest BCUT2D eigenvalue weighted by molar-refractivity contribution is 5.50. The maximum Gasteiger partial charge on any atom is 0.349 e. The Hall–Kier alpha value is -1.89. The molecule has 1 unspecified atom stereocenters. The number of rotatable bonds is 3. The molecule has 1 atom stereocenters. The number of aromatic nitrogens is 4. The molecule has 2 rings (SSSR count). The van der Waals surface area contributed by atoms with Gasteiger partial charge >= 0.3 is 5.69 Å². The Morgan fingerprint density at radius 1 is 1.56 bits per heavy atom. The van der Waals surface area contributed by atoms with Gasteiger partial charge < -0.3 is 10.4 Å². The topological polar surface area (TPSA) is 95.3 Å². The quantitative estimate of drug-likeness (QED) is 0.729. The number of aromatic amines is 1. The molecule has 0 amide bonds. The molecular formula is C11H17N5O2. The van der Waals surface area contributed by atoms with Crippen LogP contribution in [-0.4, -0.2) is 36.3 Å². The lowest BCUT2D eigenvalue weighted by molar-refractivity contribution is 0.133. The van der Waals surface area contributed by atoms with E-state index in [1.807, 2.05) is 13.8 Å².